The molecule has 2 aliphatic heterocycles. The minimum absolute atomic E-state index is 0.160. The van der Waals surface area contributed by atoms with Gasteiger partial charge < -0.3 is 24.5 Å². The highest BCUT2D eigenvalue weighted by molar-refractivity contribution is 6.30. The Balaban J connectivity index is 1.45. The lowest BCUT2D eigenvalue weighted by Crippen LogP contribution is -2.50. The van der Waals surface area contributed by atoms with E-state index in [4.69, 9.17) is 25.9 Å². The topological polar surface area (TPSA) is 72.4 Å². The molecule has 1 unspecified atom stereocenters. The molecule has 0 aliphatic carbocycles. The predicted octanol–water partition coefficient (Wildman–Crippen LogP) is 4.57. The highest BCUT2D eigenvalue weighted by Crippen LogP contribution is 2.33. The van der Waals surface area contributed by atoms with Crippen molar-refractivity contribution in [1.82, 2.24) is 10.2 Å². The Bertz CT molecular complexity index is 1000. The summed E-state index contributed by atoms with van der Waals surface area (Å²) in [7, 11) is 0. The Morgan fingerprint density at radius 2 is 2.00 bits per heavy atom. The number of ether oxygens (including phenoxy) is 2. The van der Waals surface area contributed by atoms with Crippen LogP contribution >= 0.6 is 11.6 Å². The summed E-state index contributed by atoms with van der Waals surface area (Å²) in [6, 6.07) is 13.1. The number of amides is 2. The van der Waals surface area contributed by atoms with E-state index in [0.717, 1.165) is 22.6 Å². The lowest BCUT2D eigenvalue weighted by molar-refractivity contribution is 0.0580. The fourth-order valence-electron chi connectivity index (χ4n) is 3.49. The Morgan fingerprint density at radius 1 is 1.19 bits per heavy atom. The summed E-state index contributed by atoms with van der Waals surface area (Å²) in [6.45, 7) is 6.90. The summed E-state index contributed by atoms with van der Waals surface area (Å²) in [5.74, 6) is 1.43. The van der Waals surface area contributed by atoms with Crippen LogP contribution in [0.4, 0.5) is 4.79 Å². The third-order valence-electron chi connectivity index (χ3n) is 4.89. The van der Waals surface area contributed by atoms with Crippen molar-refractivity contribution in [2.75, 3.05) is 13.3 Å². The number of carbonyl (C=O) groups excluding carboxylic acids is 1. The van der Waals surface area contributed by atoms with Crippen LogP contribution in [-0.2, 0) is 11.4 Å². The molecule has 0 radical (unpaired) electrons. The van der Waals surface area contributed by atoms with Crippen molar-refractivity contribution in [3.63, 3.8) is 0 Å². The zero-order chi connectivity index (χ0) is 22.0. The van der Waals surface area contributed by atoms with E-state index in [-0.39, 0.29) is 24.5 Å². The lowest BCUT2D eigenvalue weighted by Gasteiger charge is -2.29. The molecule has 1 N–H and O–H groups in total. The third-order valence-corrected chi connectivity index (χ3v) is 5.13. The average molecular weight is 444 g/mol. The molecular weight excluding hydrogens is 418 g/mol. The van der Waals surface area contributed by atoms with Gasteiger partial charge in [-0.15, -0.1) is 0 Å². The van der Waals surface area contributed by atoms with Gasteiger partial charge in [0.15, 0.2) is 17.6 Å². The van der Waals surface area contributed by atoms with Gasteiger partial charge in [0.2, 0.25) is 6.79 Å². The molecular formula is C23H26ClN3O4. The smallest absolute Gasteiger partial charge is 0.318 e. The van der Waals surface area contributed by atoms with Crippen LogP contribution in [-0.4, -0.2) is 41.6 Å². The number of urea groups is 1. The SMILES string of the molecule is CC(C)(C)NC(=O)N(Cc1cccc(Cl)c1)CC1CC(c2ccc3c(c2)OCO3)=NO1. The highest BCUT2D eigenvalue weighted by Gasteiger charge is 2.29. The van der Waals surface area contributed by atoms with Crippen molar-refractivity contribution in [3.05, 3.63) is 58.6 Å². The van der Waals surface area contributed by atoms with Crippen molar-refractivity contribution < 1.29 is 19.1 Å². The maximum Gasteiger partial charge on any atom is 0.318 e. The number of hydrogen-bond acceptors (Lipinski definition) is 5. The van der Waals surface area contributed by atoms with Crippen LogP contribution in [0, 0.1) is 0 Å². The average Bonchev–Trinajstić information content (AvgIpc) is 3.35. The number of rotatable bonds is 5. The summed E-state index contributed by atoms with van der Waals surface area (Å²) in [5, 5.41) is 7.93. The molecule has 8 heteroatoms. The number of hydrogen-bond donors (Lipinski definition) is 1. The monoisotopic (exact) mass is 443 g/mol. The van der Waals surface area contributed by atoms with Crippen molar-refractivity contribution >= 4 is 23.3 Å². The largest absolute Gasteiger partial charge is 0.454 e. The molecule has 2 amide bonds. The van der Waals surface area contributed by atoms with Crippen LogP contribution in [0.1, 0.15) is 38.3 Å². The molecule has 0 fully saturated rings. The van der Waals surface area contributed by atoms with Gasteiger partial charge in [-0.25, -0.2) is 4.79 Å². The zero-order valence-electron chi connectivity index (χ0n) is 17.9. The van der Waals surface area contributed by atoms with E-state index in [2.05, 4.69) is 10.5 Å². The van der Waals surface area contributed by atoms with Crippen LogP contribution in [0.3, 0.4) is 0 Å². The van der Waals surface area contributed by atoms with E-state index in [1.807, 2.05) is 63.2 Å². The second-order valence-corrected chi connectivity index (χ2v) is 9.16. The molecule has 2 heterocycles. The van der Waals surface area contributed by atoms with E-state index in [9.17, 15) is 4.79 Å². The first-order valence-corrected chi connectivity index (χ1v) is 10.6. The van der Waals surface area contributed by atoms with Gasteiger partial charge in [0, 0.05) is 29.1 Å². The van der Waals surface area contributed by atoms with Crippen LogP contribution in [0.2, 0.25) is 5.02 Å². The fourth-order valence-corrected chi connectivity index (χ4v) is 3.71. The minimum atomic E-state index is -0.353. The van der Waals surface area contributed by atoms with Gasteiger partial charge >= 0.3 is 6.03 Å². The van der Waals surface area contributed by atoms with Crippen molar-refractivity contribution in [3.8, 4) is 11.5 Å². The summed E-state index contributed by atoms with van der Waals surface area (Å²) in [5.41, 5.74) is 2.34. The molecule has 4 rings (SSSR count). The van der Waals surface area contributed by atoms with E-state index in [0.29, 0.717) is 30.3 Å². The number of benzene rings is 2. The maximum absolute atomic E-state index is 13.0. The molecule has 1 atom stereocenters. The van der Waals surface area contributed by atoms with Gasteiger partial charge in [0.1, 0.15) is 0 Å². The van der Waals surface area contributed by atoms with Gasteiger partial charge in [0.25, 0.3) is 0 Å². The highest BCUT2D eigenvalue weighted by atomic mass is 35.5. The van der Waals surface area contributed by atoms with Gasteiger partial charge in [0.05, 0.1) is 12.3 Å². The Labute approximate surface area is 186 Å². The summed E-state index contributed by atoms with van der Waals surface area (Å²) >= 11 is 6.13. The van der Waals surface area contributed by atoms with Gasteiger partial charge in [-0.3, -0.25) is 0 Å². The second-order valence-electron chi connectivity index (χ2n) is 8.73. The second kappa shape index (κ2) is 8.67. The normalized spacial score (nSPS) is 17.2. The number of oxime groups is 1. The van der Waals surface area contributed by atoms with E-state index < -0.39 is 0 Å². The van der Waals surface area contributed by atoms with Crippen LogP contribution in [0.25, 0.3) is 0 Å². The summed E-state index contributed by atoms with van der Waals surface area (Å²) in [6.07, 6.45) is 0.347. The first-order chi connectivity index (χ1) is 14.8. The number of fused-ring (bicyclic) bond motifs is 1. The number of nitrogens with zero attached hydrogens (tertiary/aromatic N) is 2. The zero-order valence-corrected chi connectivity index (χ0v) is 18.6. The van der Waals surface area contributed by atoms with Crippen molar-refractivity contribution in [2.45, 2.75) is 45.4 Å². The van der Waals surface area contributed by atoms with Crippen LogP contribution < -0.4 is 14.8 Å². The quantitative estimate of drug-likeness (QED) is 0.734. The molecule has 31 heavy (non-hydrogen) atoms. The van der Waals surface area contributed by atoms with E-state index in [1.165, 1.54) is 0 Å². The molecule has 2 aromatic rings. The number of carbonyl (C=O) groups is 1. The minimum Gasteiger partial charge on any atom is -0.454 e. The molecule has 0 saturated carbocycles. The van der Waals surface area contributed by atoms with Crippen LogP contribution in [0.5, 0.6) is 11.5 Å². The fraction of sp³-hybridized carbons (Fsp3) is 0.391. The van der Waals surface area contributed by atoms with E-state index >= 15 is 0 Å². The Kier molecular flexibility index (Phi) is 5.96. The first-order valence-electron chi connectivity index (χ1n) is 10.2. The molecule has 0 bridgehead atoms. The standard InChI is InChI=1S/C23H26ClN3O4/c1-23(2,3)25-22(28)27(12-15-5-4-6-17(24)9-15)13-18-11-19(26-31-18)16-7-8-20-21(10-16)30-14-29-20/h4-10,18H,11-14H2,1-3H3,(H,25,28). The number of nitrogens with one attached hydrogen (secondary N) is 1. The van der Waals surface area contributed by atoms with Gasteiger partial charge in [-0.2, -0.15) is 0 Å². The van der Waals surface area contributed by atoms with Gasteiger partial charge in [-0.05, 0) is 56.7 Å². The summed E-state index contributed by atoms with van der Waals surface area (Å²) in [4.78, 5) is 20.4. The molecule has 0 saturated heterocycles. The van der Waals surface area contributed by atoms with Crippen LogP contribution in [0.15, 0.2) is 47.6 Å². The summed E-state index contributed by atoms with van der Waals surface area (Å²) < 4.78 is 10.8. The molecule has 2 aromatic carbocycles. The molecule has 164 valence electrons. The lowest BCUT2D eigenvalue weighted by atomic mass is 10.0. The molecule has 7 nitrogen and oxygen atoms in total. The molecule has 2 aliphatic rings. The predicted molar refractivity (Wildman–Crippen MR) is 119 cm³/mol. The maximum atomic E-state index is 13.0. The van der Waals surface area contributed by atoms with Crippen molar-refractivity contribution in [1.29, 1.82) is 0 Å². The first kappa shape index (κ1) is 21.3. The third kappa shape index (κ3) is 5.41. The Morgan fingerprint density at radius 3 is 2.77 bits per heavy atom. The van der Waals surface area contributed by atoms with Crippen molar-refractivity contribution in [2.24, 2.45) is 5.16 Å². The molecule has 0 aromatic heterocycles. The van der Waals surface area contributed by atoms with E-state index in [1.54, 1.807) is 4.90 Å². The Hall–Kier alpha value is -2.93. The van der Waals surface area contributed by atoms with Gasteiger partial charge in [-0.1, -0.05) is 28.9 Å². The molecule has 0 spiro atoms. The number of halogens is 1.